The van der Waals surface area contributed by atoms with Gasteiger partial charge < -0.3 is 10.1 Å². The van der Waals surface area contributed by atoms with Gasteiger partial charge in [-0.05, 0) is 43.3 Å². The molecule has 0 aliphatic carbocycles. The molecule has 0 fully saturated rings. The van der Waals surface area contributed by atoms with Crippen LogP contribution in [-0.4, -0.2) is 19.0 Å². The molecule has 0 spiro atoms. The molecule has 1 amide bonds. The van der Waals surface area contributed by atoms with Crippen molar-refractivity contribution in [1.82, 2.24) is 0 Å². The number of nitrogens with one attached hydrogen (secondary N) is 1. The Kier molecular flexibility index (Phi) is 6.96. The largest absolute Gasteiger partial charge is 0.465 e. The number of carbonyl (C=O) groups is 2. The summed E-state index contributed by atoms with van der Waals surface area (Å²) in [5, 5.41) is 2.78. The number of hydrogen-bond donors (Lipinski definition) is 1. The average Bonchev–Trinajstić information content (AvgIpc) is 2.66. The number of hydrogen-bond acceptors (Lipinski definition) is 3. The van der Waals surface area contributed by atoms with Gasteiger partial charge in [0, 0.05) is 22.9 Å². The molecule has 0 saturated heterocycles. The van der Waals surface area contributed by atoms with Gasteiger partial charge in [0.1, 0.15) is 0 Å². The van der Waals surface area contributed by atoms with Gasteiger partial charge in [0.05, 0.1) is 12.7 Å². The minimum absolute atomic E-state index is 0.209. The van der Waals surface area contributed by atoms with Crippen molar-refractivity contribution in [3.63, 3.8) is 0 Å². The molecule has 0 aromatic heterocycles. The number of esters is 1. The van der Waals surface area contributed by atoms with E-state index in [1.807, 2.05) is 31.2 Å². The van der Waals surface area contributed by atoms with Gasteiger partial charge >= 0.3 is 5.97 Å². The maximum Gasteiger partial charge on any atom is 0.337 e. The highest BCUT2D eigenvalue weighted by molar-refractivity contribution is 5.99. The number of methoxy groups -OCH3 is 1. The van der Waals surface area contributed by atoms with Gasteiger partial charge in [-0.25, -0.2) is 4.79 Å². The van der Waals surface area contributed by atoms with Gasteiger partial charge in [0.2, 0.25) is 5.91 Å². The maximum absolute atomic E-state index is 11.8. The summed E-state index contributed by atoms with van der Waals surface area (Å²) in [5.41, 5.74) is 2.57. The van der Waals surface area contributed by atoms with Crippen LogP contribution >= 0.6 is 0 Å². The second-order valence-corrected chi connectivity index (χ2v) is 5.28. The zero-order chi connectivity index (χ0) is 18.8. The predicted octanol–water partition coefficient (Wildman–Crippen LogP) is 3.94. The molecular formula is C22H19NO3. The summed E-state index contributed by atoms with van der Waals surface area (Å²) >= 11 is 0. The maximum atomic E-state index is 11.8. The fourth-order valence-electron chi connectivity index (χ4n) is 2.10. The molecule has 4 nitrogen and oxygen atoms in total. The summed E-state index contributed by atoms with van der Waals surface area (Å²) in [6.07, 6.45) is 6.75. The normalized spacial score (nSPS) is 10.4. The molecule has 4 heteroatoms. The average molecular weight is 345 g/mol. The van der Waals surface area contributed by atoms with Gasteiger partial charge in [-0.1, -0.05) is 42.2 Å². The predicted molar refractivity (Wildman–Crippen MR) is 103 cm³/mol. The van der Waals surface area contributed by atoms with E-state index in [0.717, 1.165) is 5.56 Å². The minimum atomic E-state index is -0.399. The van der Waals surface area contributed by atoms with Crippen molar-refractivity contribution in [1.29, 1.82) is 0 Å². The molecule has 0 atom stereocenters. The molecule has 0 heterocycles. The van der Waals surface area contributed by atoms with Crippen molar-refractivity contribution in [2.75, 3.05) is 12.4 Å². The Morgan fingerprint density at radius 1 is 1.00 bits per heavy atom. The Bertz CT molecular complexity index is 914. The third kappa shape index (κ3) is 5.81. The Morgan fingerprint density at radius 3 is 2.38 bits per heavy atom. The van der Waals surface area contributed by atoms with E-state index in [2.05, 4.69) is 17.2 Å². The lowest BCUT2D eigenvalue weighted by Crippen LogP contribution is -2.07. The van der Waals surface area contributed by atoms with Gasteiger partial charge in [-0.15, -0.1) is 0 Å². The molecule has 0 saturated carbocycles. The highest BCUT2D eigenvalue weighted by Gasteiger charge is 2.04. The summed E-state index contributed by atoms with van der Waals surface area (Å²) in [6.45, 7) is 1.88. The lowest BCUT2D eigenvalue weighted by atomic mass is 10.1. The Balaban J connectivity index is 2.13. The monoisotopic (exact) mass is 345 g/mol. The van der Waals surface area contributed by atoms with Gasteiger partial charge in [0.25, 0.3) is 0 Å². The summed E-state index contributed by atoms with van der Waals surface area (Å²) < 4.78 is 4.70. The molecular weight excluding hydrogens is 326 g/mol. The van der Waals surface area contributed by atoms with E-state index in [-0.39, 0.29) is 5.91 Å². The van der Waals surface area contributed by atoms with Crippen LogP contribution in [0.5, 0.6) is 0 Å². The van der Waals surface area contributed by atoms with Crippen molar-refractivity contribution in [3.05, 3.63) is 89.5 Å². The number of anilines is 1. The van der Waals surface area contributed by atoms with Crippen LogP contribution in [0.2, 0.25) is 0 Å². The molecule has 0 aliphatic heterocycles. The summed E-state index contributed by atoms with van der Waals surface area (Å²) in [4.78, 5) is 23.4. The standard InChI is InChI=1S/C22H19NO3/c1-3-4-5-12-21(24)23-20-11-7-9-18(16-20)14-13-17-8-6-10-19(15-17)22(25)26-2/h3-12,15-16H,1-2H3,(H,23,24)/b4-3+,12-5+. The number of benzene rings is 2. The summed E-state index contributed by atoms with van der Waals surface area (Å²) in [6, 6.07) is 14.2. The van der Waals surface area contributed by atoms with E-state index in [1.165, 1.54) is 13.2 Å². The van der Waals surface area contributed by atoms with E-state index in [4.69, 9.17) is 4.74 Å². The van der Waals surface area contributed by atoms with Crippen molar-refractivity contribution in [2.24, 2.45) is 0 Å². The zero-order valence-corrected chi connectivity index (χ0v) is 14.7. The highest BCUT2D eigenvalue weighted by Crippen LogP contribution is 2.11. The van der Waals surface area contributed by atoms with Crippen LogP contribution in [0, 0.1) is 11.8 Å². The fraction of sp³-hybridized carbons (Fsp3) is 0.0909. The van der Waals surface area contributed by atoms with Gasteiger partial charge in [-0.3, -0.25) is 4.79 Å². The third-order valence-electron chi connectivity index (χ3n) is 3.32. The van der Waals surface area contributed by atoms with Crippen LogP contribution in [0.25, 0.3) is 0 Å². The number of ether oxygens (including phenoxy) is 1. The molecule has 1 N–H and O–H groups in total. The van der Waals surface area contributed by atoms with Crippen LogP contribution in [0.3, 0.4) is 0 Å². The number of carbonyl (C=O) groups excluding carboxylic acids is 2. The summed E-state index contributed by atoms with van der Waals surface area (Å²) in [7, 11) is 1.34. The zero-order valence-electron chi connectivity index (χ0n) is 14.7. The quantitative estimate of drug-likeness (QED) is 0.395. The Hall–Kier alpha value is -3.58. The Morgan fingerprint density at radius 2 is 1.69 bits per heavy atom. The smallest absolute Gasteiger partial charge is 0.337 e. The van der Waals surface area contributed by atoms with Crippen molar-refractivity contribution >= 4 is 17.6 Å². The number of amides is 1. The number of rotatable bonds is 4. The fourth-order valence-corrected chi connectivity index (χ4v) is 2.10. The Labute approximate surface area is 153 Å². The first kappa shape index (κ1) is 18.8. The van der Waals surface area contributed by atoms with E-state index >= 15 is 0 Å². The minimum Gasteiger partial charge on any atom is -0.465 e. The van der Waals surface area contributed by atoms with Crippen LogP contribution in [0.4, 0.5) is 5.69 Å². The molecule has 0 unspecified atom stereocenters. The molecule has 0 aliphatic rings. The van der Waals surface area contributed by atoms with Crippen LogP contribution in [0.1, 0.15) is 28.4 Å². The van der Waals surface area contributed by atoms with Gasteiger partial charge in [0.15, 0.2) is 0 Å². The van der Waals surface area contributed by atoms with Gasteiger partial charge in [-0.2, -0.15) is 0 Å². The molecule has 0 radical (unpaired) electrons. The van der Waals surface area contributed by atoms with Crippen molar-refractivity contribution in [3.8, 4) is 11.8 Å². The first-order valence-electron chi connectivity index (χ1n) is 8.03. The van der Waals surface area contributed by atoms with Crippen LogP contribution < -0.4 is 5.32 Å². The van der Waals surface area contributed by atoms with Crippen LogP contribution in [-0.2, 0) is 9.53 Å². The lowest BCUT2D eigenvalue weighted by Gasteiger charge is -2.02. The van der Waals surface area contributed by atoms with E-state index in [0.29, 0.717) is 16.8 Å². The molecule has 2 aromatic rings. The topological polar surface area (TPSA) is 55.4 Å². The molecule has 130 valence electrons. The van der Waals surface area contributed by atoms with E-state index in [9.17, 15) is 9.59 Å². The molecule has 26 heavy (non-hydrogen) atoms. The van der Waals surface area contributed by atoms with Crippen molar-refractivity contribution in [2.45, 2.75) is 6.92 Å². The number of allylic oxidation sites excluding steroid dienone is 3. The molecule has 2 aromatic carbocycles. The van der Waals surface area contributed by atoms with E-state index < -0.39 is 5.97 Å². The summed E-state index contributed by atoms with van der Waals surface area (Å²) in [5.74, 6) is 5.43. The first-order valence-corrected chi connectivity index (χ1v) is 8.03. The SMILES string of the molecule is C/C=C/C=C/C(=O)Nc1cccc(C#Cc2cccc(C(=O)OC)c2)c1. The van der Waals surface area contributed by atoms with E-state index in [1.54, 1.807) is 42.5 Å². The second-order valence-electron chi connectivity index (χ2n) is 5.28. The first-order chi connectivity index (χ1) is 12.6. The molecule has 2 rings (SSSR count). The van der Waals surface area contributed by atoms with Crippen molar-refractivity contribution < 1.29 is 14.3 Å². The molecule has 0 bridgehead atoms. The lowest BCUT2D eigenvalue weighted by molar-refractivity contribution is -0.111. The second kappa shape index (κ2) is 9.65. The third-order valence-corrected chi connectivity index (χ3v) is 3.32. The highest BCUT2D eigenvalue weighted by atomic mass is 16.5. The van der Waals surface area contributed by atoms with Crippen LogP contribution in [0.15, 0.2) is 72.8 Å².